The number of morpholine rings is 1. The van der Waals surface area contributed by atoms with E-state index in [1.54, 1.807) is 31.2 Å². The molecule has 2 heterocycles. The SMILES string of the molecule is Cc1nc(C(C)(C)C)sc1C(=O)NNC(=O)CCc1ccc(S(=O)(=O)N2CCOCC2)cc1. The molecule has 11 heteroatoms. The fourth-order valence-electron chi connectivity index (χ4n) is 3.20. The number of nitrogens with one attached hydrogen (secondary N) is 2. The summed E-state index contributed by atoms with van der Waals surface area (Å²) in [5, 5.41) is 0.857. The van der Waals surface area contributed by atoms with Crippen LogP contribution in [0.5, 0.6) is 0 Å². The van der Waals surface area contributed by atoms with Gasteiger partial charge in [-0.05, 0) is 31.0 Å². The van der Waals surface area contributed by atoms with Gasteiger partial charge in [0, 0.05) is 24.9 Å². The van der Waals surface area contributed by atoms with Crippen molar-refractivity contribution in [3.63, 3.8) is 0 Å². The summed E-state index contributed by atoms with van der Waals surface area (Å²) in [6.45, 7) is 9.32. The molecular formula is C22H30N4O5S2. The van der Waals surface area contributed by atoms with Crippen LogP contribution in [-0.2, 0) is 31.4 Å². The number of hydrogen-bond acceptors (Lipinski definition) is 7. The van der Waals surface area contributed by atoms with Crippen molar-refractivity contribution in [3.05, 3.63) is 45.4 Å². The van der Waals surface area contributed by atoms with Crippen molar-refractivity contribution >= 4 is 33.2 Å². The average Bonchev–Trinajstić information content (AvgIpc) is 3.19. The van der Waals surface area contributed by atoms with Gasteiger partial charge < -0.3 is 4.74 Å². The number of nitrogens with zero attached hydrogens (tertiary/aromatic N) is 2. The van der Waals surface area contributed by atoms with Crippen LogP contribution in [0.25, 0.3) is 0 Å². The number of thiazole rings is 1. The predicted molar refractivity (Wildman–Crippen MR) is 126 cm³/mol. The fraction of sp³-hybridized carbons (Fsp3) is 0.500. The van der Waals surface area contributed by atoms with E-state index in [2.05, 4.69) is 15.8 Å². The molecule has 9 nitrogen and oxygen atoms in total. The molecule has 0 spiro atoms. The van der Waals surface area contributed by atoms with Crippen LogP contribution >= 0.6 is 11.3 Å². The first kappa shape index (κ1) is 25.3. The van der Waals surface area contributed by atoms with Gasteiger partial charge in [0.05, 0.1) is 28.8 Å². The lowest BCUT2D eigenvalue weighted by atomic mass is 9.98. The Bertz CT molecular complexity index is 1100. The molecule has 1 aromatic carbocycles. The number of benzene rings is 1. The second kappa shape index (κ2) is 10.3. The molecule has 3 rings (SSSR count). The number of aromatic nitrogens is 1. The third kappa shape index (κ3) is 6.38. The molecule has 1 aromatic heterocycles. The predicted octanol–water partition coefficient (Wildman–Crippen LogP) is 2.16. The summed E-state index contributed by atoms with van der Waals surface area (Å²) in [4.78, 5) is 29.7. The van der Waals surface area contributed by atoms with Crippen LogP contribution in [-0.4, -0.2) is 55.8 Å². The van der Waals surface area contributed by atoms with Gasteiger partial charge in [0.1, 0.15) is 4.88 Å². The van der Waals surface area contributed by atoms with Gasteiger partial charge in [-0.1, -0.05) is 32.9 Å². The van der Waals surface area contributed by atoms with Gasteiger partial charge in [-0.25, -0.2) is 13.4 Å². The summed E-state index contributed by atoms with van der Waals surface area (Å²) in [6.07, 6.45) is 0.554. The maximum absolute atomic E-state index is 12.7. The fourth-order valence-corrected chi connectivity index (χ4v) is 5.62. The molecule has 0 aliphatic carbocycles. The Morgan fingerprint density at radius 2 is 1.76 bits per heavy atom. The molecule has 2 aromatic rings. The summed E-state index contributed by atoms with van der Waals surface area (Å²) < 4.78 is 32.0. The molecule has 0 unspecified atom stereocenters. The molecular weight excluding hydrogens is 464 g/mol. The van der Waals surface area contributed by atoms with Crippen LogP contribution in [0.1, 0.15) is 53.1 Å². The van der Waals surface area contributed by atoms with E-state index in [0.717, 1.165) is 10.6 Å². The number of hydrazine groups is 1. The van der Waals surface area contributed by atoms with Gasteiger partial charge in [-0.2, -0.15) is 4.31 Å². The first-order chi connectivity index (χ1) is 15.5. The lowest BCUT2D eigenvalue weighted by Crippen LogP contribution is -2.41. The van der Waals surface area contributed by atoms with E-state index in [-0.39, 0.29) is 22.6 Å². The van der Waals surface area contributed by atoms with Gasteiger partial charge in [0.15, 0.2) is 0 Å². The van der Waals surface area contributed by atoms with E-state index < -0.39 is 15.9 Å². The van der Waals surface area contributed by atoms with Crippen LogP contribution < -0.4 is 10.9 Å². The zero-order valence-electron chi connectivity index (χ0n) is 19.3. The van der Waals surface area contributed by atoms with Crippen LogP contribution in [0.4, 0.5) is 0 Å². The molecule has 180 valence electrons. The second-order valence-electron chi connectivity index (χ2n) is 8.85. The normalized spacial score (nSPS) is 15.3. The smallest absolute Gasteiger partial charge is 0.281 e. The first-order valence-corrected chi connectivity index (χ1v) is 13.0. The number of carbonyl (C=O) groups is 2. The molecule has 1 aliphatic rings. The van der Waals surface area contributed by atoms with E-state index in [1.165, 1.54) is 15.6 Å². The third-order valence-electron chi connectivity index (χ3n) is 5.13. The standard InChI is InChI=1S/C22H30N4O5S2/c1-15-19(32-21(23-15)22(2,3)4)20(28)25-24-18(27)10-7-16-5-8-17(9-6-16)33(29,30)26-11-13-31-14-12-26/h5-6,8-9H,7,10-14H2,1-4H3,(H,24,27)(H,25,28). The van der Waals surface area contributed by atoms with Gasteiger partial charge in [0.25, 0.3) is 5.91 Å². The van der Waals surface area contributed by atoms with E-state index in [1.807, 2.05) is 20.8 Å². The number of rotatable bonds is 6. The second-order valence-corrected chi connectivity index (χ2v) is 11.8. The summed E-state index contributed by atoms with van der Waals surface area (Å²) in [6, 6.07) is 6.51. The Morgan fingerprint density at radius 3 is 2.33 bits per heavy atom. The summed E-state index contributed by atoms with van der Waals surface area (Å²) in [5.74, 6) is -0.738. The Labute approximate surface area is 198 Å². The number of carbonyl (C=O) groups excluding carboxylic acids is 2. The third-order valence-corrected chi connectivity index (χ3v) is 8.63. The van der Waals surface area contributed by atoms with E-state index in [4.69, 9.17) is 4.74 Å². The van der Waals surface area contributed by atoms with Gasteiger partial charge in [0.2, 0.25) is 15.9 Å². The Hall–Kier alpha value is -2.34. The Kier molecular flexibility index (Phi) is 7.88. The number of amides is 2. The zero-order valence-corrected chi connectivity index (χ0v) is 20.9. The quantitative estimate of drug-likeness (QED) is 0.595. The molecule has 2 amide bonds. The van der Waals surface area contributed by atoms with E-state index in [9.17, 15) is 18.0 Å². The minimum absolute atomic E-state index is 0.144. The number of hydrogen-bond donors (Lipinski definition) is 2. The van der Waals surface area contributed by atoms with Gasteiger partial charge >= 0.3 is 0 Å². The molecule has 0 atom stereocenters. The van der Waals surface area contributed by atoms with Crippen molar-refractivity contribution in [2.24, 2.45) is 0 Å². The average molecular weight is 495 g/mol. The van der Waals surface area contributed by atoms with Crippen molar-refractivity contribution in [3.8, 4) is 0 Å². The molecule has 33 heavy (non-hydrogen) atoms. The Morgan fingerprint density at radius 1 is 1.12 bits per heavy atom. The minimum atomic E-state index is -3.54. The van der Waals surface area contributed by atoms with Crippen LogP contribution in [0.3, 0.4) is 0 Å². The highest BCUT2D eigenvalue weighted by atomic mass is 32.2. The zero-order chi connectivity index (χ0) is 24.2. The maximum atomic E-state index is 12.7. The van der Waals surface area contributed by atoms with Gasteiger partial charge in [-0.15, -0.1) is 11.3 Å². The molecule has 2 N–H and O–H groups in total. The number of ether oxygens (including phenoxy) is 1. The monoisotopic (exact) mass is 494 g/mol. The van der Waals surface area contributed by atoms with Crippen molar-refractivity contribution in [1.82, 2.24) is 20.1 Å². The molecule has 1 saturated heterocycles. The lowest BCUT2D eigenvalue weighted by Gasteiger charge is -2.26. The van der Waals surface area contributed by atoms with E-state index >= 15 is 0 Å². The highest BCUT2D eigenvalue weighted by molar-refractivity contribution is 7.89. The van der Waals surface area contributed by atoms with Crippen LogP contribution in [0, 0.1) is 6.92 Å². The largest absolute Gasteiger partial charge is 0.379 e. The number of aryl methyl sites for hydroxylation is 2. The van der Waals surface area contributed by atoms with Crippen LogP contribution in [0.2, 0.25) is 0 Å². The highest BCUT2D eigenvalue weighted by Gasteiger charge is 2.26. The van der Waals surface area contributed by atoms with Crippen molar-refractivity contribution < 1.29 is 22.7 Å². The van der Waals surface area contributed by atoms with Crippen molar-refractivity contribution in [1.29, 1.82) is 0 Å². The minimum Gasteiger partial charge on any atom is -0.379 e. The summed E-state index contributed by atoms with van der Waals surface area (Å²) in [7, 11) is -3.54. The molecule has 1 aliphatic heterocycles. The van der Waals surface area contributed by atoms with Gasteiger partial charge in [-0.3, -0.25) is 20.4 Å². The van der Waals surface area contributed by atoms with Crippen molar-refractivity contribution in [2.45, 2.75) is 50.8 Å². The molecule has 0 radical (unpaired) electrons. The molecule has 0 bridgehead atoms. The first-order valence-electron chi connectivity index (χ1n) is 10.7. The van der Waals surface area contributed by atoms with E-state index in [0.29, 0.717) is 43.3 Å². The lowest BCUT2D eigenvalue weighted by molar-refractivity contribution is -0.121. The van der Waals surface area contributed by atoms with Crippen molar-refractivity contribution in [2.75, 3.05) is 26.3 Å². The maximum Gasteiger partial charge on any atom is 0.281 e. The summed E-state index contributed by atoms with van der Waals surface area (Å²) >= 11 is 1.32. The highest BCUT2D eigenvalue weighted by Crippen LogP contribution is 2.29. The molecule has 0 saturated carbocycles. The number of sulfonamides is 1. The topological polar surface area (TPSA) is 118 Å². The molecule has 1 fully saturated rings. The Balaban J connectivity index is 1.50. The van der Waals surface area contributed by atoms with Crippen LogP contribution in [0.15, 0.2) is 29.2 Å². The summed E-state index contributed by atoms with van der Waals surface area (Å²) in [5.41, 5.74) is 6.17.